The molecule has 0 spiro atoms. The molecule has 0 saturated heterocycles. The Balaban J connectivity index is 4.37. The molecule has 62 heavy (non-hydrogen) atoms. The van der Waals surface area contributed by atoms with E-state index < -0.39 is 26.6 Å². The molecule has 9 heteroatoms. The highest BCUT2D eigenvalue weighted by Crippen LogP contribution is 2.38. The maximum Gasteiger partial charge on any atom is 0.268 e. The van der Waals surface area contributed by atoms with Crippen LogP contribution in [0.25, 0.3) is 0 Å². The Labute approximate surface area is 383 Å². The molecule has 0 aromatic carbocycles. The second kappa shape index (κ2) is 44.4. The number of carbonyl (C=O) groups is 1. The summed E-state index contributed by atoms with van der Waals surface area (Å²) in [5, 5.41) is 13.8. The van der Waals surface area contributed by atoms with Crippen LogP contribution >= 0.6 is 7.82 Å². The summed E-state index contributed by atoms with van der Waals surface area (Å²) in [6, 6.07) is -0.918. The SMILES string of the molecule is CCCCC/C=C\C=C/CCCCCCCCC(=O)NC(COP(=O)([O-])OCC[N+](C)(C)C)C(O)/C=C/CC/C=C/CC/C=C/CCCCCCCCCCCCCCCCC. The molecular formula is C53H99N2O6P. The van der Waals surface area contributed by atoms with Crippen LogP contribution in [0.4, 0.5) is 0 Å². The Kier molecular flexibility index (Phi) is 43.1. The number of amides is 1. The van der Waals surface area contributed by atoms with E-state index in [1.165, 1.54) is 135 Å². The lowest BCUT2D eigenvalue weighted by Gasteiger charge is -2.29. The zero-order valence-electron chi connectivity index (χ0n) is 41.1. The Hall–Kier alpha value is -1.80. The van der Waals surface area contributed by atoms with Crippen molar-refractivity contribution in [1.29, 1.82) is 0 Å². The standard InChI is InChI=1S/C53H99N2O6P/c1-6-8-10-12-14-16-18-20-22-23-24-25-26-27-28-29-30-31-33-34-36-38-40-42-44-46-52(56)51(50-61-62(58,59)60-49-48-55(3,4)5)54-53(57)47-45-43-41-39-37-35-32-21-19-17-15-13-11-9-7-2/h15,17,19,21,30-31,36,38,44,46,51-52,56H,6-14,16,18,20,22-29,32-35,37,39-43,45,47-50H2,1-5H3,(H-,54,57,58,59)/b17-15-,21-19-,31-30+,38-36+,46-44+. The van der Waals surface area contributed by atoms with Gasteiger partial charge in [0.1, 0.15) is 13.2 Å². The fraction of sp³-hybridized carbons (Fsp3) is 0.792. The largest absolute Gasteiger partial charge is 0.756 e. The van der Waals surface area contributed by atoms with Gasteiger partial charge in [0, 0.05) is 6.42 Å². The molecule has 3 atom stereocenters. The van der Waals surface area contributed by atoms with Crippen LogP contribution in [0.1, 0.15) is 219 Å². The topological polar surface area (TPSA) is 108 Å². The third-order valence-corrected chi connectivity index (χ3v) is 12.2. The maximum absolute atomic E-state index is 12.9. The van der Waals surface area contributed by atoms with Gasteiger partial charge in [-0.2, -0.15) is 0 Å². The molecule has 1 amide bonds. The van der Waals surface area contributed by atoms with Crippen molar-refractivity contribution in [1.82, 2.24) is 5.32 Å². The minimum atomic E-state index is -4.61. The number of hydrogen-bond donors (Lipinski definition) is 2. The summed E-state index contributed by atoms with van der Waals surface area (Å²) in [5.41, 5.74) is 0. The zero-order chi connectivity index (χ0) is 45.7. The summed E-state index contributed by atoms with van der Waals surface area (Å²) in [6.45, 7) is 4.58. The van der Waals surface area contributed by atoms with Crippen molar-refractivity contribution < 1.29 is 32.9 Å². The fourth-order valence-corrected chi connectivity index (χ4v) is 7.84. The van der Waals surface area contributed by atoms with Gasteiger partial charge in [0.05, 0.1) is 39.9 Å². The predicted molar refractivity (Wildman–Crippen MR) is 265 cm³/mol. The van der Waals surface area contributed by atoms with Gasteiger partial charge in [-0.25, -0.2) is 0 Å². The summed E-state index contributed by atoms with van der Waals surface area (Å²) in [7, 11) is 1.22. The highest BCUT2D eigenvalue weighted by atomic mass is 31.2. The van der Waals surface area contributed by atoms with E-state index in [1.807, 2.05) is 27.2 Å². The number of aliphatic hydroxyl groups is 1. The number of aliphatic hydroxyl groups excluding tert-OH is 1. The molecule has 0 bridgehead atoms. The molecule has 0 heterocycles. The monoisotopic (exact) mass is 891 g/mol. The smallest absolute Gasteiger partial charge is 0.268 e. The van der Waals surface area contributed by atoms with Crippen molar-refractivity contribution in [2.45, 2.75) is 231 Å². The number of nitrogens with zero attached hydrogens (tertiary/aromatic N) is 1. The summed E-state index contributed by atoms with van der Waals surface area (Å²) < 4.78 is 23.2. The Morgan fingerprint density at radius 1 is 0.565 bits per heavy atom. The van der Waals surface area contributed by atoms with E-state index in [-0.39, 0.29) is 12.5 Å². The number of unbranched alkanes of at least 4 members (excludes halogenated alkanes) is 26. The van der Waals surface area contributed by atoms with Crippen LogP contribution in [0.2, 0.25) is 0 Å². The van der Waals surface area contributed by atoms with Crippen molar-refractivity contribution in [3.8, 4) is 0 Å². The molecule has 8 nitrogen and oxygen atoms in total. The van der Waals surface area contributed by atoms with Gasteiger partial charge in [-0.15, -0.1) is 0 Å². The molecule has 3 unspecified atom stereocenters. The Morgan fingerprint density at radius 2 is 0.952 bits per heavy atom. The van der Waals surface area contributed by atoms with E-state index in [4.69, 9.17) is 9.05 Å². The summed E-state index contributed by atoms with van der Waals surface area (Å²) in [6.07, 6.45) is 58.6. The average molecular weight is 891 g/mol. The van der Waals surface area contributed by atoms with Gasteiger partial charge in [-0.05, 0) is 70.6 Å². The first-order valence-electron chi connectivity index (χ1n) is 25.7. The number of hydrogen-bond acceptors (Lipinski definition) is 6. The second-order valence-electron chi connectivity index (χ2n) is 18.5. The van der Waals surface area contributed by atoms with Gasteiger partial charge < -0.3 is 28.8 Å². The van der Waals surface area contributed by atoms with Crippen LogP contribution < -0.4 is 10.2 Å². The third kappa shape index (κ3) is 46.2. The number of likely N-dealkylation sites (N-methyl/N-ethyl adjacent to an activating group) is 1. The normalized spacial score (nSPS) is 14.6. The number of phosphoric ester groups is 1. The summed E-state index contributed by atoms with van der Waals surface area (Å²) >= 11 is 0. The molecule has 0 aromatic heterocycles. The van der Waals surface area contributed by atoms with E-state index in [0.717, 1.165) is 64.2 Å². The number of nitrogens with one attached hydrogen (secondary N) is 1. The van der Waals surface area contributed by atoms with Gasteiger partial charge in [0.2, 0.25) is 5.91 Å². The van der Waals surface area contributed by atoms with Crippen molar-refractivity contribution in [3.05, 3.63) is 60.8 Å². The lowest BCUT2D eigenvalue weighted by Crippen LogP contribution is -2.45. The first-order valence-corrected chi connectivity index (χ1v) is 27.1. The molecule has 0 fully saturated rings. The molecule has 2 N–H and O–H groups in total. The van der Waals surface area contributed by atoms with Crippen LogP contribution in [0.3, 0.4) is 0 Å². The molecule has 362 valence electrons. The van der Waals surface area contributed by atoms with Gasteiger partial charge >= 0.3 is 0 Å². The lowest BCUT2D eigenvalue weighted by molar-refractivity contribution is -0.870. The molecule has 0 radical (unpaired) electrons. The quantitative estimate of drug-likeness (QED) is 0.0207. The Bertz CT molecular complexity index is 1190. The lowest BCUT2D eigenvalue weighted by atomic mass is 10.0. The summed E-state index contributed by atoms with van der Waals surface area (Å²) in [5.74, 6) is -0.225. The van der Waals surface area contributed by atoms with E-state index in [9.17, 15) is 19.4 Å². The average Bonchev–Trinajstić information content (AvgIpc) is 3.23. The van der Waals surface area contributed by atoms with E-state index in [1.54, 1.807) is 6.08 Å². The van der Waals surface area contributed by atoms with Crippen LogP contribution in [0, 0.1) is 0 Å². The number of phosphoric acid groups is 1. The number of rotatable bonds is 46. The second-order valence-corrected chi connectivity index (χ2v) is 19.9. The number of quaternary nitrogens is 1. The first-order chi connectivity index (χ1) is 30.0. The van der Waals surface area contributed by atoms with Gasteiger partial charge in [-0.3, -0.25) is 9.36 Å². The molecule has 0 aliphatic carbocycles. The highest BCUT2D eigenvalue weighted by Gasteiger charge is 2.23. The minimum absolute atomic E-state index is 0.0135. The van der Waals surface area contributed by atoms with E-state index in [0.29, 0.717) is 17.4 Å². The summed E-state index contributed by atoms with van der Waals surface area (Å²) in [4.78, 5) is 25.4. The molecular weight excluding hydrogens is 792 g/mol. The van der Waals surface area contributed by atoms with Gasteiger partial charge in [0.25, 0.3) is 7.82 Å². The fourth-order valence-electron chi connectivity index (χ4n) is 7.12. The Morgan fingerprint density at radius 3 is 1.44 bits per heavy atom. The van der Waals surface area contributed by atoms with Crippen LogP contribution in [0.15, 0.2) is 60.8 Å². The van der Waals surface area contributed by atoms with E-state index in [2.05, 4.69) is 67.8 Å². The van der Waals surface area contributed by atoms with Crippen molar-refractivity contribution in [2.24, 2.45) is 0 Å². The van der Waals surface area contributed by atoms with Crippen LogP contribution in [-0.4, -0.2) is 68.5 Å². The van der Waals surface area contributed by atoms with Gasteiger partial charge in [0.15, 0.2) is 0 Å². The molecule has 0 aliphatic rings. The van der Waals surface area contributed by atoms with E-state index >= 15 is 0 Å². The van der Waals surface area contributed by atoms with Crippen LogP contribution in [-0.2, 0) is 18.4 Å². The third-order valence-electron chi connectivity index (χ3n) is 11.2. The van der Waals surface area contributed by atoms with Crippen molar-refractivity contribution in [2.75, 3.05) is 40.9 Å². The minimum Gasteiger partial charge on any atom is -0.756 e. The first kappa shape index (κ1) is 60.2. The number of carbonyl (C=O) groups excluding carboxylic acids is 1. The zero-order valence-corrected chi connectivity index (χ0v) is 42.0. The number of allylic oxidation sites excluding steroid dienone is 9. The van der Waals surface area contributed by atoms with Crippen LogP contribution in [0.5, 0.6) is 0 Å². The molecule has 0 rings (SSSR count). The van der Waals surface area contributed by atoms with Crippen molar-refractivity contribution in [3.63, 3.8) is 0 Å². The predicted octanol–water partition coefficient (Wildman–Crippen LogP) is 14.3. The highest BCUT2D eigenvalue weighted by molar-refractivity contribution is 7.45. The molecule has 0 aliphatic heterocycles. The molecule has 0 saturated carbocycles. The van der Waals surface area contributed by atoms with Crippen molar-refractivity contribution >= 4 is 13.7 Å². The van der Waals surface area contributed by atoms with Gasteiger partial charge in [-0.1, -0.05) is 203 Å². The molecule has 0 aromatic rings. The maximum atomic E-state index is 12.9.